The van der Waals surface area contributed by atoms with E-state index in [2.05, 4.69) is 32.0 Å². The number of hydrogen-bond donors (Lipinski definition) is 3. The smallest absolute Gasteiger partial charge is 0.274 e. The summed E-state index contributed by atoms with van der Waals surface area (Å²) in [5, 5.41) is 13.4. The number of amides is 1. The van der Waals surface area contributed by atoms with Gasteiger partial charge in [-0.15, -0.1) is 0 Å². The molecule has 0 bridgehead atoms. The fourth-order valence-corrected chi connectivity index (χ4v) is 4.25. The molecule has 1 aromatic heterocycles. The average molecular weight is 492 g/mol. The molecule has 2 heterocycles. The Bertz CT molecular complexity index is 1280. The lowest BCUT2D eigenvalue weighted by Crippen LogP contribution is -2.46. The molecule has 190 valence electrons. The van der Waals surface area contributed by atoms with Gasteiger partial charge in [0, 0.05) is 49.9 Å². The highest BCUT2D eigenvalue weighted by atomic mass is 16.5. The second kappa shape index (κ2) is 11.8. The van der Waals surface area contributed by atoms with Gasteiger partial charge in [0.2, 0.25) is 0 Å². The van der Waals surface area contributed by atoms with Crippen LogP contribution in [-0.4, -0.2) is 83.7 Å². The number of hydrogen-bond acceptors (Lipinski definition) is 7. The van der Waals surface area contributed by atoms with Crippen molar-refractivity contribution in [3.05, 3.63) is 69.6 Å². The lowest BCUT2D eigenvalue weighted by molar-refractivity contribution is 0.0948. The molecule has 4 rings (SSSR count). The molecule has 0 aliphatic carbocycles. The first-order valence-electron chi connectivity index (χ1n) is 12.3. The summed E-state index contributed by atoms with van der Waals surface area (Å²) in [6.07, 6.45) is 2.21. The van der Waals surface area contributed by atoms with Crippen LogP contribution in [0.15, 0.2) is 47.3 Å². The number of carbonyl (C=O) groups excluding carboxylic acids is 1. The van der Waals surface area contributed by atoms with Crippen molar-refractivity contribution in [2.24, 2.45) is 0 Å². The van der Waals surface area contributed by atoms with Crippen LogP contribution in [0.2, 0.25) is 0 Å². The van der Waals surface area contributed by atoms with Gasteiger partial charge in [0.15, 0.2) is 0 Å². The highest BCUT2D eigenvalue weighted by Gasteiger charge is 2.15. The SMILES string of the molecule is CCN1CCN(CCCNC(=O)c2ccc3nc(C=C(O)c4ccc(OC)cc4)c(=O)[nH]c3c2)CC1. The Morgan fingerprint density at radius 1 is 1.11 bits per heavy atom. The maximum Gasteiger partial charge on any atom is 0.274 e. The van der Waals surface area contributed by atoms with Crippen molar-refractivity contribution >= 4 is 28.8 Å². The number of nitrogens with one attached hydrogen (secondary N) is 2. The van der Waals surface area contributed by atoms with Gasteiger partial charge in [-0.1, -0.05) is 6.92 Å². The van der Waals surface area contributed by atoms with Gasteiger partial charge in [-0.3, -0.25) is 9.59 Å². The lowest BCUT2D eigenvalue weighted by atomic mass is 10.1. The first-order chi connectivity index (χ1) is 17.5. The minimum absolute atomic E-state index is 0.0767. The van der Waals surface area contributed by atoms with E-state index in [1.54, 1.807) is 49.6 Å². The van der Waals surface area contributed by atoms with Crippen LogP contribution in [-0.2, 0) is 0 Å². The van der Waals surface area contributed by atoms with Crippen LogP contribution < -0.4 is 15.6 Å². The van der Waals surface area contributed by atoms with E-state index in [0.717, 1.165) is 45.7 Å². The number of methoxy groups -OCH3 is 1. The molecule has 1 fully saturated rings. The van der Waals surface area contributed by atoms with E-state index in [-0.39, 0.29) is 17.4 Å². The summed E-state index contributed by atoms with van der Waals surface area (Å²) < 4.78 is 5.12. The van der Waals surface area contributed by atoms with E-state index in [1.807, 2.05) is 0 Å². The number of nitrogens with zero attached hydrogens (tertiary/aromatic N) is 3. The standard InChI is InChI=1S/C27H33N5O4/c1-3-31-13-15-32(16-14-31)12-4-11-28-26(34)20-7-10-22-23(17-20)30-27(35)24(29-22)18-25(33)19-5-8-21(36-2)9-6-19/h5-10,17-18,33H,3-4,11-16H2,1-2H3,(H,28,34)(H,30,35). The molecule has 1 aliphatic rings. The van der Waals surface area contributed by atoms with E-state index < -0.39 is 5.56 Å². The monoisotopic (exact) mass is 491 g/mol. The van der Waals surface area contributed by atoms with Gasteiger partial charge in [0.25, 0.3) is 11.5 Å². The Labute approximate surface area is 210 Å². The highest BCUT2D eigenvalue weighted by molar-refractivity contribution is 5.97. The summed E-state index contributed by atoms with van der Waals surface area (Å²) in [6.45, 7) is 9.19. The summed E-state index contributed by atoms with van der Waals surface area (Å²) in [4.78, 5) is 37.2. The van der Waals surface area contributed by atoms with Crippen molar-refractivity contribution in [1.29, 1.82) is 0 Å². The Kier molecular flexibility index (Phi) is 8.35. The van der Waals surface area contributed by atoms with Gasteiger partial charge in [-0.2, -0.15) is 0 Å². The third-order valence-electron chi connectivity index (χ3n) is 6.49. The summed E-state index contributed by atoms with van der Waals surface area (Å²) in [7, 11) is 1.56. The number of aliphatic hydroxyl groups excluding tert-OH is 1. The summed E-state index contributed by atoms with van der Waals surface area (Å²) in [5.41, 5.74) is 1.60. The molecule has 1 amide bonds. The minimum Gasteiger partial charge on any atom is -0.507 e. The van der Waals surface area contributed by atoms with Gasteiger partial charge in [0.1, 0.15) is 17.2 Å². The Hall–Kier alpha value is -3.69. The van der Waals surface area contributed by atoms with E-state index >= 15 is 0 Å². The molecule has 2 aromatic carbocycles. The van der Waals surface area contributed by atoms with E-state index in [4.69, 9.17) is 4.74 Å². The van der Waals surface area contributed by atoms with E-state index in [0.29, 0.717) is 34.5 Å². The second-order valence-electron chi connectivity index (χ2n) is 8.83. The molecule has 0 unspecified atom stereocenters. The number of fused-ring (bicyclic) bond motifs is 1. The Balaban J connectivity index is 1.37. The predicted molar refractivity (Wildman–Crippen MR) is 141 cm³/mol. The molecule has 0 spiro atoms. The Morgan fingerprint density at radius 2 is 1.81 bits per heavy atom. The zero-order chi connectivity index (χ0) is 25.5. The van der Waals surface area contributed by atoms with Crippen molar-refractivity contribution in [3.63, 3.8) is 0 Å². The summed E-state index contributed by atoms with van der Waals surface area (Å²) in [6, 6.07) is 11.8. The number of aromatic nitrogens is 2. The maximum atomic E-state index is 12.6. The number of aromatic amines is 1. The van der Waals surface area contributed by atoms with Gasteiger partial charge in [0.05, 0.1) is 18.1 Å². The molecule has 9 nitrogen and oxygen atoms in total. The van der Waals surface area contributed by atoms with Gasteiger partial charge in [-0.25, -0.2) is 4.98 Å². The van der Waals surface area contributed by atoms with Crippen LogP contribution in [0.5, 0.6) is 5.75 Å². The fourth-order valence-electron chi connectivity index (χ4n) is 4.25. The van der Waals surface area contributed by atoms with E-state index in [1.165, 1.54) is 6.08 Å². The zero-order valence-electron chi connectivity index (χ0n) is 20.8. The zero-order valence-corrected chi connectivity index (χ0v) is 20.8. The summed E-state index contributed by atoms with van der Waals surface area (Å²) in [5.74, 6) is 0.395. The van der Waals surface area contributed by atoms with Crippen LogP contribution in [0, 0.1) is 0 Å². The quantitative estimate of drug-likeness (QED) is 0.312. The maximum absolute atomic E-state index is 12.6. The van der Waals surface area contributed by atoms with Crippen molar-refractivity contribution in [2.75, 3.05) is 52.9 Å². The molecular formula is C27H33N5O4. The first-order valence-corrected chi connectivity index (χ1v) is 12.3. The number of H-pyrrole nitrogens is 1. The molecule has 1 saturated heterocycles. The molecular weight excluding hydrogens is 458 g/mol. The number of rotatable bonds is 9. The average Bonchev–Trinajstić information content (AvgIpc) is 2.91. The number of benzene rings is 2. The number of ether oxygens (including phenoxy) is 1. The Morgan fingerprint density at radius 3 is 2.50 bits per heavy atom. The van der Waals surface area contributed by atoms with Crippen molar-refractivity contribution in [3.8, 4) is 5.75 Å². The minimum atomic E-state index is -0.455. The normalized spacial score (nSPS) is 15.2. The third-order valence-corrected chi connectivity index (χ3v) is 6.49. The van der Waals surface area contributed by atoms with Crippen LogP contribution >= 0.6 is 0 Å². The van der Waals surface area contributed by atoms with Crippen molar-refractivity contribution in [2.45, 2.75) is 13.3 Å². The molecule has 3 aromatic rings. The largest absolute Gasteiger partial charge is 0.507 e. The number of piperazine rings is 1. The van der Waals surface area contributed by atoms with Gasteiger partial charge >= 0.3 is 0 Å². The van der Waals surface area contributed by atoms with Crippen LogP contribution in [0.3, 0.4) is 0 Å². The molecule has 0 atom stereocenters. The molecule has 3 N–H and O–H groups in total. The first kappa shape index (κ1) is 25.4. The van der Waals surface area contributed by atoms with E-state index in [9.17, 15) is 14.7 Å². The van der Waals surface area contributed by atoms with Crippen LogP contribution in [0.25, 0.3) is 22.9 Å². The fraction of sp³-hybridized carbons (Fsp3) is 0.370. The van der Waals surface area contributed by atoms with Crippen LogP contribution in [0.1, 0.15) is 35.0 Å². The number of aliphatic hydroxyl groups is 1. The van der Waals surface area contributed by atoms with Crippen molar-refractivity contribution in [1.82, 2.24) is 25.1 Å². The molecule has 36 heavy (non-hydrogen) atoms. The number of carbonyl (C=O) groups is 1. The summed E-state index contributed by atoms with van der Waals surface area (Å²) >= 11 is 0. The topological polar surface area (TPSA) is 111 Å². The van der Waals surface area contributed by atoms with Crippen molar-refractivity contribution < 1.29 is 14.6 Å². The van der Waals surface area contributed by atoms with Gasteiger partial charge in [-0.05, 0) is 62.0 Å². The highest BCUT2D eigenvalue weighted by Crippen LogP contribution is 2.19. The second-order valence-corrected chi connectivity index (χ2v) is 8.83. The van der Waals surface area contributed by atoms with Crippen LogP contribution in [0.4, 0.5) is 0 Å². The lowest BCUT2D eigenvalue weighted by Gasteiger charge is -2.33. The van der Waals surface area contributed by atoms with Gasteiger partial charge < -0.3 is 29.9 Å². The molecule has 0 saturated carbocycles. The molecule has 9 heteroatoms. The predicted octanol–water partition coefficient (Wildman–Crippen LogP) is 2.75. The number of likely N-dealkylation sites (N-methyl/N-ethyl adjacent to an activating group) is 1. The molecule has 0 radical (unpaired) electrons. The third kappa shape index (κ3) is 6.30. The molecule has 1 aliphatic heterocycles.